The van der Waals surface area contributed by atoms with Gasteiger partial charge in [0.25, 0.3) is 0 Å². The van der Waals surface area contributed by atoms with E-state index in [4.69, 9.17) is 4.74 Å². The van der Waals surface area contributed by atoms with Gasteiger partial charge < -0.3 is 10.1 Å². The van der Waals surface area contributed by atoms with Gasteiger partial charge in [-0.25, -0.2) is 4.98 Å². The fourth-order valence-corrected chi connectivity index (χ4v) is 2.37. The van der Waals surface area contributed by atoms with Crippen LogP contribution in [0.15, 0.2) is 5.38 Å². The Labute approximate surface area is 109 Å². The summed E-state index contributed by atoms with van der Waals surface area (Å²) in [7, 11) is 1.74. The lowest BCUT2D eigenvalue weighted by molar-refractivity contribution is 0.184. The Hall–Kier alpha value is -0.450. The average Bonchev–Trinajstić information content (AvgIpc) is 2.71. The first-order valence-electron chi connectivity index (χ1n) is 6.10. The molecule has 1 aromatic heterocycles. The van der Waals surface area contributed by atoms with Gasteiger partial charge in [-0.2, -0.15) is 0 Å². The quantitative estimate of drug-likeness (QED) is 0.849. The van der Waals surface area contributed by atoms with Crippen LogP contribution in [0.4, 0.5) is 0 Å². The summed E-state index contributed by atoms with van der Waals surface area (Å²) in [4.78, 5) is 4.66. The summed E-state index contributed by atoms with van der Waals surface area (Å²) in [6.07, 6.45) is 1.04. The minimum absolute atomic E-state index is 0.149. The van der Waals surface area contributed by atoms with Crippen molar-refractivity contribution in [1.82, 2.24) is 10.3 Å². The molecule has 0 fully saturated rings. The topological polar surface area (TPSA) is 34.1 Å². The molecule has 0 saturated carbocycles. The summed E-state index contributed by atoms with van der Waals surface area (Å²) in [6, 6.07) is 0.469. The third kappa shape index (κ3) is 5.15. The van der Waals surface area contributed by atoms with Crippen LogP contribution in [0.3, 0.4) is 0 Å². The SMILES string of the molecule is COCCC(C)NCc1nc(C(C)(C)C)cs1. The molecule has 17 heavy (non-hydrogen) atoms. The molecule has 0 amide bonds. The highest BCUT2D eigenvalue weighted by Gasteiger charge is 2.17. The van der Waals surface area contributed by atoms with Crippen LogP contribution in [0.2, 0.25) is 0 Å². The number of ether oxygens (including phenoxy) is 1. The smallest absolute Gasteiger partial charge is 0.107 e. The third-order valence-electron chi connectivity index (χ3n) is 2.68. The van der Waals surface area contributed by atoms with E-state index in [1.165, 1.54) is 10.7 Å². The average molecular weight is 256 g/mol. The molecule has 1 aromatic rings. The molecular formula is C13H24N2OS. The molecular weight excluding hydrogens is 232 g/mol. The monoisotopic (exact) mass is 256 g/mol. The number of nitrogens with zero attached hydrogens (tertiary/aromatic N) is 1. The molecule has 4 heteroatoms. The van der Waals surface area contributed by atoms with Gasteiger partial charge in [-0.1, -0.05) is 20.8 Å². The van der Waals surface area contributed by atoms with Crippen molar-refractivity contribution in [2.24, 2.45) is 0 Å². The highest BCUT2D eigenvalue weighted by atomic mass is 32.1. The van der Waals surface area contributed by atoms with E-state index in [0.717, 1.165) is 19.6 Å². The van der Waals surface area contributed by atoms with Crippen molar-refractivity contribution in [3.05, 3.63) is 16.1 Å². The second-order valence-corrected chi connectivity index (χ2v) is 6.38. The molecule has 1 rings (SSSR count). The molecule has 0 saturated heterocycles. The maximum Gasteiger partial charge on any atom is 0.107 e. The lowest BCUT2D eigenvalue weighted by atomic mass is 9.93. The normalized spacial score (nSPS) is 13.9. The first kappa shape index (κ1) is 14.6. The van der Waals surface area contributed by atoms with Gasteiger partial charge in [0.05, 0.1) is 5.69 Å². The van der Waals surface area contributed by atoms with Gasteiger partial charge in [-0.05, 0) is 13.3 Å². The second-order valence-electron chi connectivity index (χ2n) is 5.44. The van der Waals surface area contributed by atoms with Crippen molar-refractivity contribution in [3.63, 3.8) is 0 Å². The predicted molar refractivity (Wildman–Crippen MR) is 73.6 cm³/mol. The molecule has 0 aromatic carbocycles. The Bertz CT molecular complexity index is 330. The standard InChI is InChI=1S/C13H24N2OS/c1-10(6-7-16-5)14-8-12-15-11(9-17-12)13(2,3)4/h9-10,14H,6-8H2,1-5H3. The molecule has 0 aliphatic rings. The zero-order valence-corrected chi connectivity index (χ0v) is 12.4. The van der Waals surface area contributed by atoms with Crippen LogP contribution in [0.1, 0.15) is 44.8 Å². The third-order valence-corrected chi connectivity index (χ3v) is 3.53. The van der Waals surface area contributed by atoms with Crippen LogP contribution < -0.4 is 5.32 Å². The summed E-state index contributed by atoms with van der Waals surface area (Å²) in [5, 5.41) is 6.80. The molecule has 0 spiro atoms. The van der Waals surface area contributed by atoms with E-state index < -0.39 is 0 Å². The van der Waals surface area contributed by atoms with E-state index >= 15 is 0 Å². The van der Waals surface area contributed by atoms with Crippen LogP contribution in [0.5, 0.6) is 0 Å². The lowest BCUT2D eigenvalue weighted by Gasteiger charge is -2.14. The Morgan fingerprint density at radius 3 is 2.71 bits per heavy atom. The van der Waals surface area contributed by atoms with Crippen molar-refractivity contribution in [1.29, 1.82) is 0 Å². The number of aromatic nitrogens is 1. The van der Waals surface area contributed by atoms with Gasteiger partial charge in [0.15, 0.2) is 0 Å². The predicted octanol–water partition coefficient (Wildman–Crippen LogP) is 2.96. The molecule has 0 bridgehead atoms. The maximum atomic E-state index is 5.06. The largest absolute Gasteiger partial charge is 0.385 e. The van der Waals surface area contributed by atoms with Crippen molar-refractivity contribution in [2.75, 3.05) is 13.7 Å². The lowest BCUT2D eigenvalue weighted by Crippen LogP contribution is -2.26. The van der Waals surface area contributed by atoms with Crippen molar-refractivity contribution in [3.8, 4) is 0 Å². The highest BCUT2D eigenvalue weighted by molar-refractivity contribution is 7.09. The summed E-state index contributed by atoms with van der Waals surface area (Å²) < 4.78 is 5.06. The van der Waals surface area contributed by atoms with Gasteiger partial charge in [0, 0.05) is 37.1 Å². The summed E-state index contributed by atoms with van der Waals surface area (Å²) in [6.45, 7) is 10.4. The van der Waals surface area contributed by atoms with Crippen molar-refractivity contribution < 1.29 is 4.74 Å². The zero-order chi connectivity index (χ0) is 12.9. The molecule has 1 atom stereocenters. The van der Waals surface area contributed by atoms with E-state index in [1.807, 2.05) is 0 Å². The number of nitrogens with one attached hydrogen (secondary N) is 1. The minimum Gasteiger partial charge on any atom is -0.385 e. The zero-order valence-electron chi connectivity index (χ0n) is 11.5. The highest BCUT2D eigenvalue weighted by Crippen LogP contribution is 2.23. The molecule has 0 radical (unpaired) electrons. The van der Waals surface area contributed by atoms with Crippen molar-refractivity contribution in [2.45, 2.75) is 52.1 Å². The number of rotatable bonds is 6. The Morgan fingerprint density at radius 1 is 1.47 bits per heavy atom. The molecule has 98 valence electrons. The van der Waals surface area contributed by atoms with Gasteiger partial charge in [-0.15, -0.1) is 11.3 Å². The van der Waals surface area contributed by atoms with E-state index in [9.17, 15) is 0 Å². The molecule has 3 nitrogen and oxygen atoms in total. The Kier molecular flexibility index (Phi) is 5.56. The van der Waals surface area contributed by atoms with Gasteiger partial charge in [-0.3, -0.25) is 0 Å². The molecule has 1 N–H and O–H groups in total. The second kappa shape index (κ2) is 6.47. The van der Waals surface area contributed by atoms with E-state index in [-0.39, 0.29) is 5.41 Å². The van der Waals surface area contributed by atoms with E-state index in [2.05, 4.69) is 43.4 Å². The number of hydrogen-bond acceptors (Lipinski definition) is 4. The van der Waals surface area contributed by atoms with Crippen LogP contribution >= 0.6 is 11.3 Å². The fourth-order valence-electron chi connectivity index (χ4n) is 1.39. The molecule has 1 heterocycles. The first-order chi connectivity index (χ1) is 7.93. The fraction of sp³-hybridized carbons (Fsp3) is 0.769. The van der Waals surface area contributed by atoms with Gasteiger partial charge in [0.2, 0.25) is 0 Å². The number of methoxy groups -OCH3 is 1. The number of thiazole rings is 1. The molecule has 1 unspecified atom stereocenters. The Morgan fingerprint density at radius 2 is 2.18 bits per heavy atom. The first-order valence-corrected chi connectivity index (χ1v) is 6.98. The van der Waals surface area contributed by atoms with E-state index in [1.54, 1.807) is 18.4 Å². The molecule has 0 aliphatic carbocycles. The van der Waals surface area contributed by atoms with Gasteiger partial charge in [0.1, 0.15) is 5.01 Å². The van der Waals surface area contributed by atoms with E-state index in [0.29, 0.717) is 6.04 Å². The van der Waals surface area contributed by atoms with Crippen LogP contribution in [-0.2, 0) is 16.7 Å². The number of hydrogen-bond donors (Lipinski definition) is 1. The molecule has 0 aliphatic heterocycles. The summed E-state index contributed by atoms with van der Waals surface area (Å²) in [5.41, 5.74) is 1.33. The summed E-state index contributed by atoms with van der Waals surface area (Å²) in [5.74, 6) is 0. The minimum atomic E-state index is 0.149. The van der Waals surface area contributed by atoms with Gasteiger partial charge >= 0.3 is 0 Å². The summed E-state index contributed by atoms with van der Waals surface area (Å²) >= 11 is 1.74. The van der Waals surface area contributed by atoms with Crippen LogP contribution in [0.25, 0.3) is 0 Å². The maximum absolute atomic E-state index is 5.06. The van der Waals surface area contributed by atoms with Crippen LogP contribution in [-0.4, -0.2) is 24.7 Å². The van der Waals surface area contributed by atoms with Crippen molar-refractivity contribution >= 4 is 11.3 Å². The van der Waals surface area contributed by atoms with Crippen LogP contribution in [0, 0.1) is 0 Å². The Balaban J connectivity index is 2.40.